The molecule has 3 aromatic rings. The molecule has 26 heavy (non-hydrogen) atoms. The molecule has 0 aliphatic rings. The largest absolute Gasteiger partial charge is 0.489 e. The number of aromatic nitrogens is 1. The highest BCUT2D eigenvalue weighted by Gasteiger charge is 2.14. The van der Waals surface area contributed by atoms with E-state index in [0.717, 1.165) is 24.3 Å². The molecule has 2 aromatic carbocycles. The molecule has 3 rings (SSSR count). The quantitative estimate of drug-likeness (QED) is 0.601. The maximum absolute atomic E-state index is 14.2. The average Bonchev–Trinajstić information content (AvgIpc) is 3.08. The molecule has 0 aliphatic carbocycles. The van der Waals surface area contributed by atoms with Crippen molar-refractivity contribution in [3.63, 3.8) is 0 Å². The van der Waals surface area contributed by atoms with E-state index >= 15 is 0 Å². The summed E-state index contributed by atoms with van der Waals surface area (Å²) in [7, 11) is -5.13. The summed E-state index contributed by atoms with van der Waals surface area (Å²) in [5.41, 5.74) is 0.393. The molecule has 0 spiro atoms. The first-order valence-corrected chi connectivity index (χ1v) is 8.37. The molecule has 1 aromatic heterocycles. The highest BCUT2D eigenvalue weighted by Crippen LogP contribution is 2.26. The molecule has 0 atom stereocenters. The van der Waals surface area contributed by atoms with Gasteiger partial charge in [0.1, 0.15) is 36.0 Å². The van der Waals surface area contributed by atoms with E-state index < -0.39 is 28.7 Å². The van der Waals surface area contributed by atoms with Gasteiger partial charge in [0.05, 0.1) is 11.8 Å². The van der Waals surface area contributed by atoms with Crippen molar-refractivity contribution < 1.29 is 34.5 Å². The summed E-state index contributed by atoms with van der Waals surface area (Å²) in [6.07, 6.45) is 2.58. The van der Waals surface area contributed by atoms with Gasteiger partial charge in [-0.15, -0.1) is 0 Å². The Balaban J connectivity index is 1.72. The average molecular weight is 385 g/mol. The highest BCUT2D eigenvalue weighted by atomic mass is 32.3. The van der Waals surface area contributed by atoms with Crippen molar-refractivity contribution in [1.82, 2.24) is 5.16 Å². The first kappa shape index (κ1) is 17.8. The van der Waals surface area contributed by atoms with Crippen molar-refractivity contribution >= 4 is 10.5 Å². The third-order valence-corrected chi connectivity index (χ3v) is 3.70. The predicted molar refractivity (Wildman–Crippen MR) is 83.3 cm³/mol. The summed E-state index contributed by atoms with van der Waals surface area (Å²) < 4.78 is 75.4. The van der Waals surface area contributed by atoms with E-state index in [1.165, 1.54) is 24.6 Å². The van der Waals surface area contributed by atoms with Gasteiger partial charge in [0.25, 0.3) is 0 Å². The van der Waals surface area contributed by atoms with E-state index in [1.54, 1.807) is 0 Å². The zero-order chi connectivity index (χ0) is 18.7. The van der Waals surface area contributed by atoms with Crippen LogP contribution in [0.5, 0.6) is 11.5 Å². The van der Waals surface area contributed by atoms with Gasteiger partial charge in [0, 0.05) is 5.56 Å². The summed E-state index contributed by atoms with van der Waals surface area (Å²) in [5.74, 6) is -1.72. The summed E-state index contributed by atoms with van der Waals surface area (Å²) in [6.45, 7) is -0.413. The molecule has 10 heteroatoms. The standard InChI is InChI=1S/C16H10F3NO5S/c17-15-5-10(11-7-20-24-8-11)6-16(18)14(15)9-23-12-1-3-13(4-2-12)25-26(19,21)22/h1-8H,9H2. The van der Waals surface area contributed by atoms with Crippen molar-refractivity contribution in [3.05, 3.63) is 66.1 Å². The van der Waals surface area contributed by atoms with Crippen LogP contribution in [0.15, 0.2) is 53.4 Å². The van der Waals surface area contributed by atoms with Crippen LogP contribution in [0.25, 0.3) is 11.1 Å². The Kier molecular flexibility index (Phi) is 4.85. The molecule has 0 N–H and O–H groups in total. The minimum absolute atomic E-state index is 0.176. The number of hydrogen-bond acceptors (Lipinski definition) is 6. The Hall–Kier alpha value is -3.01. The predicted octanol–water partition coefficient (Wildman–Crippen LogP) is 3.79. The van der Waals surface area contributed by atoms with Gasteiger partial charge in [0.15, 0.2) is 0 Å². The van der Waals surface area contributed by atoms with Crippen LogP contribution in [0.3, 0.4) is 0 Å². The molecular formula is C16H10F3NO5S. The SMILES string of the molecule is O=S(=O)(F)Oc1ccc(OCc2c(F)cc(-c3cnoc3)cc2F)cc1. The number of hydrogen-bond donors (Lipinski definition) is 0. The first-order valence-electron chi connectivity index (χ1n) is 7.06. The Morgan fingerprint density at radius 1 is 1.00 bits per heavy atom. The smallest absolute Gasteiger partial charge is 0.488 e. The topological polar surface area (TPSA) is 78.6 Å². The molecule has 6 nitrogen and oxygen atoms in total. The summed E-state index contributed by atoms with van der Waals surface area (Å²) in [4.78, 5) is 0. The zero-order valence-corrected chi connectivity index (χ0v) is 13.7. The van der Waals surface area contributed by atoms with Crippen molar-refractivity contribution in [2.75, 3.05) is 0 Å². The lowest BCUT2D eigenvalue weighted by atomic mass is 10.1. The molecular weight excluding hydrogens is 375 g/mol. The molecule has 136 valence electrons. The molecule has 0 aliphatic heterocycles. The van der Waals surface area contributed by atoms with Crippen molar-refractivity contribution in [2.24, 2.45) is 0 Å². The molecule has 0 saturated carbocycles. The maximum atomic E-state index is 14.2. The molecule has 0 amide bonds. The van der Waals surface area contributed by atoms with E-state index in [1.807, 2.05) is 0 Å². The second-order valence-corrected chi connectivity index (χ2v) is 6.02. The van der Waals surface area contributed by atoms with Gasteiger partial charge in [-0.3, -0.25) is 0 Å². The molecule has 1 heterocycles. The van der Waals surface area contributed by atoms with Crippen LogP contribution in [0.4, 0.5) is 12.7 Å². The number of rotatable bonds is 6. The maximum Gasteiger partial charge on any atom is 0.488 e. The fourth-order valence-corrected chi connectivity index (χ4v) is 2.46. The lowest BCUT2D eigenvalue weighted by Crippen LogP contribution is -2.03. The number of nitrogens with zero attached hydrogens (tertiary/aromatic N) is 1. The minimum atomic E-state index is -5.13. The Morgan fingerprint density at radius 2 is 1.62 bits per heavy atom. The number of halogens is 3. The molecule has 0 saturated heterocycles. The Morgan fingerprint density at radius 3 is 2.15 bits per heavy atom. The molecule has 0 fully saturated rings. The van der Waals surface area contributed by atoms with Gasteiger partial charge >= 0.3 is 10.5 Å². The fraction of sp³-hybridized carbons (Fsp3) is 0.0625. The highest BCUT2D eigenvalue weighted by molar-refractivity contribution is 7.81. The second-order valence-electron chi connectivity index (χ2n) is 5.07. The van der Waals surface area contributed by atoms with E-state index in [-0.39, 0.29) is 22.6 Å². The fourth-order valence-electron chi connectivity index (χ4n) is 2.12. The van der Waals surface area contributed by atoms with Crippen LogP contribution >= 0.6 is 0 Å². The van der Waals surface area contributed by atoms with Gasteiger partial charge in [-0.1, -0.05) is 9.04 Å². The van der Waals surface area contributed by atoms with Gasteiger partial charge in [-0.2, -0.15) is 8.42 Å². The number of ether oxygens (including phenoxy) is 1. The monoisotopic (exact) mass is 385 g/mol. The Labute approximate surface area is 146 Å². The van der Waals surface area contributed by atoms with Crippen molar-refractivity contribution in [2.45, 2.75) is 6.61 Å². The molecule has 0 radical (unpaired) electrons. The molecule has 0 unspecified atom stereocenters. The van der Waals surface area contributed by atoms with Crippen LogP contribution in [0, 0.1) is 11.6 Å². The summed E-state index contributed by atoms with van der Waals surface area (Å²) >= 11 is 0. The van der Waals surface area contributed by atoms with Gasteiger partial charge < -0.3 is 13.4 Å². The van der Waals surface area contributed by atoms with E-state index in [4.69, 9.17) is 4.74 Å². The van der Waals surface area contributed by atoms with Crippen LogP contribution in [0.2, 0.25) is 0 Å². The normalized spacial score (nSPS) is 11.3. The third kappa shape index (κ3) is 4.33. The second kappa shape index (κ2) is 7.08. The number of benzene rings is 2. The first-order chi connectivity index (χ1) is 12.3. The third-order valence-electron chi connectivity index (χ3n) is 3.31. The molecule has 0 bridgehead atoms. The summed E-state index contributed by atoms with van der Waals surface area (Å²) in [5, 5.41) is 3.47. The van der Waals surface area contributed by atoms with E-state index in [9.17, 15) is 21.1 Å². The van der Waals surface area contributed by atoms with Gasteiger partial charge in [0.2, 0.25) is 0 Å². The minimum Gasteiger partial charge on any atom is -0.489 e. The van der Waals surface area contributed by atoms with E-state index in [0.29, 0.717) is 5.56 Å². The van der Waals surface area contributed by atoms with Gasteiger partial charge in [-0.05, 0) is 42.0 Å². The van der Waals surface area contributed by atoms with E-state index in [2.05, 4.69) is 13.9 Å². The summed E-state index contributed by atoms with van der Waals surface area (Å²) in [6, 6.07) is 7.04. The van der Waals surface area contributed by atoms with Crippen molar-refractivity contribution in [3.8, 4) is 22.6 Å². The van der Waals surface area contributed by atoms with Crippen molar-refractivity contribution in [1.29, 1.82) is 0 Å². The van der Waals surface area contributed by atoms with Crippen LogP contribution < -0.4 is 8.92 Å². The zero-order valence-electron chi connectivity index (χ0n) is 12.9. The lowest BCUT2D eigenvalue weighted by molar-refractivity contribution is 0.292. The van der Waals surface area contributed by atoms with Crippen LogP contribution in [0.1, 0.15) is 5.56 Å². The lowest BCUT2D eigenvalue weighted by Gasteiger charge is -2.10. The van der Waals surface area contributed by atoms with Gasteiger partial charge in [-0.25, -0.2) is 8.78 Å². The van der Waals surface area contributed by atoms with Crippen LogP contribution in [-0.2, 0) is 17.1 Å². The van der Waals surface area contributed by atoms with Crippen LogP contribution in [-0.4, -0.2) is 13.6 Å². The Bertz CT molecular complexity index is 982.